The van der Waals surface area contributed by atoms with E-state index in [0.29, 0.717) is 12.1 Å². The maximum atomic E-state index is 12.1. The van der Waals surface area contributed by atoms with Gasteiger partial charge in [0.25, 0.3) is 0 Å². The molecular formula is C19H18N4O2. The molecule has 0 radical (unpaired) electrons. The van der Waals surface area contributed by atoms with Crippen LogP contribution in [0.15, 0.2) is 67.0 Å². The van der Waals surface area contributed by atoms with E-state index in [1.54, 1.807) is 29.1 Å². The average Bonchev–Trinajstić information content (AvgIpc) is 3.09. The van der Waals surface area contributed by atoms with Crippen molar-refractivity contribution in [3.8, 4) is 5.69 Å². The van der Waals surface area contributed by atoms with Gasteiger partial charge in [0.15, 0.2) is 0 Å². The topological polar surface area (TPSA) is 90.0 Å². The number of amides is 2. The zero-order valence-electron chi connectivity index (χ0n) is 13.6. The second-order valence-corrected chi connectivity index (χ2v) is 5.65. The van der Waals surface area contributed by atoms with Crippen molar-refractivity contribution in [1.82, 2.24) is 15.1 Å². The molecule has 0 aliphatic carbocycles. The Morgan fingerprint density at radius 3 is 2.60 bits per heavy atom. The Bertz CT molecular complexity index is 887. The zero-order valence-corrected chi connectivity index (χ0v) is 13.6. The standard InChI is InChI=1S/C19H18N4O2/c20-19(25)16-6-4-5-14(9-16)11-21-18(24)10-15-12-22-23(13-15)17-7-2-1-3-8-17/h1-9,12-13H,10-11H2,(H2,20,25)(H,21,24). The predicted molar refractivity (Wildman–Crippen MR) is 94.1 cm³/mol. The second kappa shape index (κ2) is 7.44. The van der Waals surface area contributed by atoms with Gasteiger partial charge in [0.1, 0.15) is 0 Å². The third kappa shape index (κ3) is 4.32. The molecule has 0 aliphatic heterocycles. The maximum Gasteiger partial charge on any atom is 0.248 e. The van der Waals surface area contributed by atoms with Crippen LogP contribution < -0.4 is 11.1 Å². The molecule has 3 aromatic rings. The van der Waals surface area contributed by atoms with Crippen LogP contribution in [0.4, 0.5) is 0 Å². The fourth-order valence-corrected chi connectivity index (χ4v) is 2.46. The first-order chi connectivity index (χ1) is 12.1. The first-order valence-electron chi connectivity index (χ1n) is 7.86. The van der Waals surface area contributed by atoms with Crippen molar-refractivity contribution in [2.24, 2.45) is 5.73 Å². The molecule has 6 heteroatoms. The van der Waals surface area contributed by atoms with Gasteiger partial charge in [0.2, 0.25) is 11.8 Å². The summed E-state index contributed by atoms with van der Waals surface area (Å²) in [5.41, 5.74) is 8.27. The number of carbonyl (C=O) groups is 2. The molecule has 3 rings (SSSR count). The van der Waals surface area contributed by atoms with Gasteiger partial charge < -0.3 is 11.1 Å². The van der Waals surface area contributed by atoms with E-state index >= 15 is 0 Å². The smallest absolute Gasteiger partial charge is 0.248 e. The molecular weight excluding hydrogens is 316 g/mol. The van der Waals surface area contributed by atoms with Gasteiger partial charge in [-0.25, -0.2) is 4.68 Å². The van der Waals surface area contributed by atoms with Crippen molar-refractivity contribution >= 4 is 11.8 Å². The number of hydrogen-bond donors (Lipinski definition) is 2. The van der Waals surface area contributed by atoms with Crippen LogP contribution in [0.1, 0.15) is 21.5 Å². The molecule has 0 aliphatic rings. The highest BCUT2D eigenvalue weighted by molar-refractivity contribution is 5.92. The Labute approximate surface area is 145 Å². The molecule has 0 atom stereocenters. The van der Waals surface area contributed by atoms with E-state index in [0.717, 1.165) is 16.8 Å². The Morgan fingerprint density at radius 1 is 1.04 bits per heavy atom. The quantitative estimate of drug-likeness (QED) is 0.720. The van der Waals surface area contributed by atoms with Gasteiger partial charge in [-0.05, 0) is 35.4 Å². The van der Waals surface area contributed by atoms with Crippen LogP contribution in [0.2, 0.25) is 0 Å². The summed E-state index contributed by atoms with van der Waals surface area (Å²) in [5.74, 6) is -0.599. The van der Waals surface area contributed by atoms with E-state index in [1.165, 1.54) is 0 Å². The third-order valence-corrected chi connectivity index (χ3v) is 3.72. The molecule has 2 amide bonds. The van der Waals surface area contributed by atoms with E-state index < -0.39 is 5.91 Å². The van der Waals surface area contributed by atoms with Gasteiger partial charge in [-0.3, -0.25) is 9.59 Å². The maximum absolute atomic E-state index is 12.1. The summed E-state index contributed by atoms with van der Waals surface area (Å²) >= 11 is 0. The van der Waals surface area contributed by atoms with Crippen LogP contribution in [0.5, 0.6) is 0 Å². The van der Waals surface area contributed by atoms with Crippen LogP contribution in [-0.2, 0) is 17.8 Å². The second-order valence-electron chi connectivity index (χ2n) is 5.65. The average molecular weight is 334 g/mol. The monoisotopic (exact) mass is 334 g/mol. The van der Waals surface area contributed by atoms with E-state index in [-0.39, 0.29) is 12.3 Å². The molecule has 1 aromatic heterocycles. The van der Waals surface area contributed by atoms with Gasteiger partial charge in [0, 0.05) is 18.3 Å². The van der Waals surface area contributed by atoms with Crippen LogP contribution in [-0.4, -0.2) is 21.6 Å². The summed E-state index contributed by atoms with van der Waals surface area (Å²) in [4.78, 5) is 23.3. The normalized spacial score (nSPS) is 10.4. The van der Waals surface area contributed by atoms with Crippen LogP contribution in [0.25, 0.3) is 5.69 Å². The fourth-order valence-electron chi connectivity index (χ4n) is 2.46. The first kappa shape index (κ1) is 16.4. The van der Waals surface area contributed by atoms with Crippen molar-refractivity contribution < 1.29 is 9.59 Å². The van der Waals surface area contributed by atoms with E-state index in [2.05, 4.69) is 10.4 Å². The van der Waals surface area contributed by atoms with E-state index in [1.807, 2.05) is 42.6 Å². The molecule has 0 saturated heterocycles. The van der Waals surface area contributed by atoms with Crippen molar-refractivity contribution in [3.63, 3.8) is 0 Å². The summed E-state index contributed by atoms with van der Waals surface area (Å²) < 4.78 is 1.74. The van der Waals surface area contributed by atoms with E-state index in [9.17, 15) is 9.59 Å². The Kier molecular flexibility index (Phi) is 4.89. The summed E-state index contributed by atoms with van der Waals surface area (Å²) in [5, 5.41) is 7.11. The van der Waals surface area contributed by atoms with Gasteiger partial charge in [-0.1, -0.05) is 30.3 Å². The summed E-state index contributed by atoms with van der Waals surface area (Å²) in [6, 6.07) is 16.6. The van der Waals surface area contributed by atoms with Crippen molar-refractivity contribution in [3.05, 3.63) is 83.7 Å². The highest BCUT2D eigenvalue weighted by Crippen LogP contribution is 2.08. The minimum Gasteiger partial charge on any atom is -0.366 e. The number of rotatable bonds is 6. The van der Waals surface area contributed by atoms with Crippen LogP contribution in [0, 0.1) is 0 Å². The molecule has 0 bridgehead atoms. The number of hydrogen-bond acceptors (Lipinski definition) is 3. The molecule has 1 heterocycles. The molecule has 25 heavy (non-hydrogen) atoms. The molecule has 0 unspecified atom stereocenters. The minimum atomic E-state index is -0.485. The number of primary amides is 1. The lowest BCUT2D eigenvalue weighted by atomic mass is 10.1. The number of para-hydroxylation sites is 1. The Balaban J connectivity index is 1.57. The number of nitrogens with one attached hydrogen (secondary N) is 1. The van der Waals surface area contributed by atoms with Crippen LogP contribution in [0.3, 0.4) is 0 Å². The lowest BCUT2D eigenvalue weighted by molar-refractivity contribution is -0.120. The molecule has 6 nitrogen and oxygen atoms in total. The minimum absolute atomic E-state index is 0.114. The molecule has 126 valence electrons. The highest BCUT2D eigenvalue weighted by atomic mass is 16.1. The van der Waals surface area contributed by atoms with Crippen molar-refractivity contribution in [2.45, 2.75) is 13.0 Å². The first-order valence-corrected chi connectivity index (χ1v) is 7.86. The number of benzene rings is 2. The van der Waals surface area contributed by atoms with Crippen LogP contribution >= 0.6 is 0 Å². The number of nitrogens with zero attached hydrogens (tertiary/aromatic N) is 2. The summed E-state index contributed by atoms with van der Waals surface area (Å²) in [6.45, 7) is 0.340. The van der Waals surface area contributed by atoms with Crippen molar-refractivity contribution in [2.75, 3.05) is 0 Å². The number of aromatic nitrogens is 2. The molecule has 0 fully saturated rings. The molecule has 2 aromatic carbocycles. The molecule has 3 N–H and O–H groups in total. The third-order valence-electron chi connectivity index (χ3n) is 3.72. The van der Waals surface area contributed by atoms with Gasteiger partial charge in [-0.15, -0.1) is 0 Å². The van der Waals surface area contributed by atoms with Gasteiger partial charge in [-0.2, -0.15) is 5.10 Å². The predicted octanol–water partition coefficient (Wildman–Crippen LogP) is 1.83. The van der Waals surface area contributed by atoms with Gasteiger partial charge in [0.05, 0.1) is 18.3 Å². The van der Waals surface area contributed by atoms with Crippen molar-refractivity contribution in [1.29, 1.82) is 0 Å². The van der Waals surface area contributed by atoms with Gasteiger partial charge >= 0.3 is 0 Å². The summed E-state index contributed by atoms with van der Waals surface area (Å²) in [7, 11) is 0. The number of nitrogens with two attached hydrogens (primary N) is 1. The Hall–Kier alpha value is -3.41. The molecule has 0 saturated carbocycles. The number of carbonyl (C=O) groups excluding carboxylic acids is 2. The lowest BCUT2D eigenvalue weighted by Gasteiger charge is -2.05. The molecule has 0 spiro atoms. The highest BCUT2D eigenvalue weighted by Gasteiger charge is 2.07. The summed E-state index contributed by atoms with van der Waals surface area (Å²) in [6.07, 6.45) is 3.76. The lowest BCUT2D eigenvalue weighted by Crippen LogP contribution is -2.24. The fraction of sp³-hybridized carbons (Fsp3) is 0.105. The largest absolute Gasteiger partial charge is 0.366 e. The van der Waals surface area contributed by atoms with E-state index in [4.69, 9.17) is 5.73 Å². The zero-order chi connectivity index (χ0) is 17.6. The SMILES string of the molecule is NC(=O)c1cccc(CNC(=O)Cc2cnn(-c3ccccc3)c2)c1. The Morgan fingerprint density at radius 2 is 1.84 bits per heavy atom.